The lowest BCUT2D eigenvalue weighted by Gasteiger charge is -2.16. The van der Waals surface area contributed by atoms with E-state index in [0.29, 0.717) is 17.0 Å². The predicted octanol–water partition coefficient (Wildman–Crippen LogP) is 2.69. The molecule has 0 saturated carbocycles. The van der Waals surface area contributed by atoms with Gasteiger partial charge in [-0.3, -0.25) is 9.78 Å². The number of rotatable bonds is 4. The summed E-state index contributed by atoms with van der Waals surface area (Å²) in [4.78, 5) is 30.1. The van der Waals surface area contributed by atoms with Crippen LogP contribution >= 0.6 is 0 Å². The van der Waals surface area contributed by atoms with E-state index in [1.807, 2.05) is 39.1 Å². The van der Waals surface area contributed by atoms with Gasteiger partial charge < -0.3 is 5.32 Å². The van der Waals surface area contributed by atoms with Crippen LogP contribution in [0.25, 0.3) is 17.0 Å². The van der Waals surface area contributed by atoms with Crippen LogP contribution in [0.2, 0.25) is 0 Å². The first kappa shape index (κ1) is 17.7. The maximum absolute atomic E-state index is 12.7. The molecule has 1 atom stereocenters. The molecule has 4 aromatic heterocycles. The SMILES string of the molecule is Cc1cnc2c(C(=O)N[C@@H](C)c3cnc(-c4ccncc4)nc3C)cnn2c1. The van der Waals surface area contributed by atoms with Crippen molar-refractivity contribution >= 4 is 11.6 Å². The highest BCUT2D eigenvalue weighted by atomic mass is 16.1. The van der Waals surface area contributed by atoms with Crippen molar-refractivity contribution in [2.75, 3.05) is 0 Å². The van der Waals surface area contributed by atoms with Crippen LogP contribution in [-0.4, -0.2) is 35.5 Å². The molecular weight excluding hydrogens is 354 g/mol. The minimum absolute atomic E-state index is 0.239. The molecule has 0 aromatic carbocycles. The number of hydrogen-bond acceptors (Lipinski definition) is 6. The van der Waals surface area contributed by atoms with Gasteiger partial charge in [0.15, 0.2) is 11.5 Å². The molecule has 0 saturated heterocycles. The summed E-state index contributed by atoms with van der Waals surface area (Å²) in [5.41, 5.74) is 4.48. The molecule has 0 unspecified atom stereocenters. The molecule has 4 aromatic rings. The second-order valence-electron chi connectivity index (χ2n) is 6.62. The highest BCUT2D eigenvalue weighted by Crippen LogP contribution is 2.20. The molecule has 8 nitrogen and oxygen atoms in total. The van der Waals surface area contributed by atoms with Crippen LogP contribution in [0.15, 0.2) is 49.3 Å². The number of aromatic nitrogens is 6. The van der Waals surface area contributed by atoms with Crippen molar-refractivity contribution in [3.05, 3.63) is 71.7 Å². The highest BCUT2D eigenvalue weighted by molar-refractivity contribution is 5.99. The normalized spacial score (nSPS) is 12.1. The Morgan fingerprint density at radius 3 is 2.64 bits per heavy atom. The van der Waals surface area contributed by atoms with Crippen LogP contribution in [0.3, 0.4) is 0 Å². The van der Waals surface area contributed by atoms with Crippen LogP contribution in [0, 0.1) is 13.8 Å². The average Bonchev–Trinajstić information content (AvgIpc) is 3.11. The predicted molar refractivity (Wildman–Crippen MR) is 104 cm³/mol. The number of aryl methyl sites for hydroxylation is 2. The summed E-state index contributed by atoms with van der Waals surface area (Å²) in [5, 5.41) is 7.19. The van der Waals surface area contributed by atoms with Crippen molar-refractivity contribution in [1.29, 1.82) is 0 Å². The second-order valence-corrected chi connectivity index (χ2v) is 6.62. The lowest BCUT2D eigenvalue weighted by atomic mass is 10.1. The fourth-order valence-corrected chi connectivity index (χ4v) is 3.02. The summed E-state index contributed by atoms with van der Waals surface area (Å²) in [5.74, 6) is 0.390. The molecule has 1 N–H and O–H groups in total. The van der Waals surface area contributed by atoms with Gasteiger partial charge in [0.1, 0.15) is 5.56 Å². The van der Waals surface area contributed by atoms with Crippen LogP contribution in [0.1, 0.15) is 40.1 Å². The third kappa shape index (κ3) is 3.32. The Bertz CT molecular complexity index is 1150. The fourth-order valence-electron chi connectivity index (χ4n) is 3.02. The van der Waals surface area contributed by atoms with Gasteiger partial charge in [0.05, 0.1) is 12.2 Å². The molecule has 0 spiro atoms. The quantitative estimate of drug-likeness (QED) is 0.591. The summed E-state index contributed by atoms with van der Waals surface area (Å²) in [6, 6.07) is 3.46. The van der Waals surface area contributed by atoms with E-state index in [9.17, 15) is 4.79 Å². The van der Waals surface area contributed by atoms with Gasteiger partial charge in [-0.25, -0.2) is 19.5 Å². The molecule has 0 aliphatic rings. The van der Waals surface area contributed by atoms with Crippen molar-refractivity contribution in [1.82, 2.24) is 34.9 Å². The third-order valence-electron chi connectivity index (χ3n) is 4.50. The van der Waals surface area contributed by atoms with Crippen LogP contribution in [-0.2, 0) is 0 Å². The molecule has 0 aliphatic heterocycles. The van der Waals surface area contributed by atoms with E-state index in [1.54, 1.807) is 29.3 Å². The van der Waals surface area contributed by atoms with Gasteiger partial charge >= 0.3 is 0 Å². The number of carbonyl (C=O) groups is 1. The number of pyridine rings is 1. The summed E-state index contributed by atoms with van der Waals surface area (Å²) in [6.07, 6.45) is 10.2. The molecular formula is C20H19N7O. The first-order valence-electron chi connectivity index (χ1n) is 8.87. The average molecular weight is 373 g/mol. The molecule has 0 radical (unpaired) electrons. The lowest BCUT2D eigenvalue weighted by molar-refractivity contribution is 0.0941. The molecule has 4 rings (SSSR count). The van der Waals surface area contributed by atoms with E-state index in [4.69, 9.17) is 0 Å². The number of carbonyl (C=O) groups excluding carboxylic acids is 1. The zero-order chi connectivity index (χ0) is 19.7. The van der Waals surface area contributed by atoms with Crippen molar-refractivity contribution in [2.45, 2.75) is 26.8 Å². The van der Waals surface area contributed by atoms with E-state index >= 15 is 0 Å². The minimum atomic E-state index is -0.264. The number of nitrogens with zero attached hydrogens (tertiary/aromatic N) is 6. The van der Waals surface area contributed by atoms with Crippen molar-refractivity contribution in [2.24, 2.45) is 0 Å². The highest BCUT2D eigenvalue weighted by Gasteiger charge is 2.19. The summed E-state index contributed by atoms with van der Waals surface area (Å²) >= 11 is 0. The van der Waals surface area contributed by atoms with Gasteiger partial charge in [0.25, 0.3) is 5.91 Å². The maximum atomic E-state index is 12.7. The van der Waals surface area contributed by atoms with Gasteiger partial charge in [0.2, 0.25) is 0 Å². The Balaban J connectivity index is 1.56. The molecule has 8 heteroatoms. The van der Waals surface area contributed by atoms with Crippen molar-refractivity contribution < 1.29 is 4.79 Å². The minimum Gasteiger partial charge on any atom is -0.345 e. The molecule has 0 fully saturated rings. The summed E-state index contributed by atoms with van der Waals surface area (Å²) < 4.78 is 1.60. The van der Waals surface area contributed by atoms with Gasteiger partial charge in [-0.1, -0.05) is 0 Å². The summed E-state index contributed by atoms with van der Waals surface area (Å²) in [6.45, 7) is 5.73. The van der Waals surface area contributed by atoms with Gasteiger partial charge in [-0.2, -0.15) is 5.10 Å². The van der Waals surface area contributed by atoms with E-state index in [-0.39, 0.29) is 11.9 Å². The number of fused-ring (bicyclic) bond motifs is 1. The molecule has 140 valence electrons. The number of nitrogens with one attached hydrogen (secondary N) is 1. The standard InChI is InChI=1S/C20H19N7O/c1-12-8-23-19-17(10-24-27(19)11-12)20(28)26-14(3)16-9-22-18(25-13(16)2)15-4-6-21-7-5-15/h4-11,14H,1-3H3,(H,26,28)/t14-/m0/s1. The number of amides is 1. The van der Waals surface area contributed by atoms with E-state index < -0.39 is 0 Å². The topological polar surface area (TPSA) is 98.0 Å². The zero-order valence-electron chi connectivity index (χ0n) is 15.8. The van der Waals surface area contributed by atoms with Gasteiger partial charge in [-0.15, -0.1) is 0 Å². The Hall–Kier alpha value is -3.68. The number of hydrogen-bond donors (Lipinski definition) is 1. The lowest BCUT2D eigenvalue weighted by Crippen LogP contribution is -2.27. The van der Waals surface area contributed by atoms with Crippen molar-refractivity contribution in [3.63, 3.8) is 0 Å². The first-order valence-corrected chi connectivity index (χ1v) is 8.87. The first-order chi connectivity index (χ1) is 13.5. The van der Waals surface area contributed by atoms with E-state index in [2.05, 4.69) is 30.4 Å². The van der Waals surface area contributed by atoms with Crippen molar-refractivity contribution in [3.8, 4) is 11.4 Å². The second kappa shape index (κ2) is 7.15. The largest absolute Gasteiger partial charge is 0.345 e. The van der Waals surface area contributed by atoms with E-state index in [1.165, 1.54) is 6.20 Å². The maximum Gasteiger partial charge on any atom is 0.257 e. The Morgan fingerprint density at radius 1 is 1.11 bits per heavy atom. The summed E-state index contributed by atoms with van der Waals surface area (Å²) in [7, 11) is 0. The Morgan fingerprint density at radius 2 is 1.89 bits per heavy atom. The fraction of sp³-hybridized carbons (Fsp3) is 0.200. The van der Waals surface area contributed by atoms with Crippen LogP contribution in [0.5, 0.6) is 0 Å². The third-order valence-corrected chi connectivity index (χ3v) is 4.50. The monoisotopic (exact) mass is 373 g/mol. The molecule has 4 heterocycles. The zero-order valence-corrected chi connectivity index (χ0v) is 15.8. The van der Waals surface area contributed by atoms with Gasteiger partial charge in [-0.05, 0) is 38.5 Å². The van der Waals surface area contributed by atoms with Crippen LogP contribution < -0.4 is 5.32 Å². The smallest absolute Gasteiger partial charge is 0.257 e. The van der Waals surface area contributed by atoms with E-state index in [0.717, 1.165) is 22.4 Å². The van der Waals surface area contributed by atoms with Crippen LogP contribution in [0.4, 0.5) is 0 Å². The van der Waals surface area contributed by atoms with Gasteiger partial charge in [0, 0.05) is 47.8 Å². The Kier molecular flexibility index (Phi) is 4.52. The molecule has 0 bridgehead atoms. The molecule has 0 aliphatic carbocycles. The Labute approximate surface area is 161 Å². The molecule has 1 amide bonds. The molecule has 28 heavy (non-hydrogen) atoms.